The van der Waals surface area contributed by atoms with Crippen molar-refractivity contribution in [2.24, 2.45) is 5.84 Å². The van der Waals surface area contributed by atoms with Crippen LogP contribution in [-0.2, 0) is 12.8 Å². The number of nitrogens with two attached hydrogens (primary N) is 1. The second-order valence-corrected chi connectivity index (χ2v) is 6.06. The summed E-state index contributed by atoms with van der Waals surface area (Å²) in [7, 11) is 0. The number of hydrogen-bond acceptors (Lipinski definition) is 6. The van der Waals surface area contributed by atoms with Gasteiger partial charge in [0.25, 0.3) is 0 Å². The van der Waals surface area contributed by atoms with Gasteiger partial charge in [-0.3, -0.25) is 9.80 Å². The first-order valence-electron chi connectivity index (χ1n) is 7.68. The maximum absolute atomic E-state index is 5.68. The zero-order valence-corrected chi connectivity index (χ0v) is 11.8. The van der Waals surface area contributed by atoms with Crippen LogP contribution in [0.4, 0.5) is 5.82 Å². The molecule has 6 nitrogen and oxygen atoms in total. The van der Waals surface area contributed by atoms with E-state index in [0.29, 0.717) is 6.04 Å². The van der Waals surface area contributed by atoms with Gasteiger partial charge in [0.2, 0.25) is 0 Å². The summed E-state index contributed by atoms with van der Waals surface area (Å²) in [6, 6.07) is 0.344. The number of nitrogen functional groups attached to an aromatic ring is 1. The van der Waals surface area contributed by atoms with E-state index in [1.54, 1.807) is 0 Å². The van der Waals surface area contributed by atoms with E-state index >= 15 is 0 Å². The lowest BCUT2D eigenvalue weighted by Crippen LogP contribution is -2.57. The highest BCUT2D eigenvalue weighted by Crippen LogP contribution is 2.31. The molecule has 0 amide bonds. The van der Waals surface area contributed by atoms with Crippen LogP contribution in [0.2, 0.25) is 0 Å². The Kier molecular flexibility index (Phi) is 3.09. The summed E-state index contributed by atoms with van der Waals surface area (Å²) in [6.07, 6.45) is 4.56. The van der Waals surface area contributed by atoms with Gasteiger partial charge in [-0.25, -0.2) is 15.8 Å². The van der Waals surface area contributed by atoms with Gasteiger partial charge in [-0.05, 0) is 25.7 Å². The first-order valence-corrected chi connectivity index (χ1v) is 7.68. The number of hydrazine groups is 1. The quantitative estimate of drug-likeness (QED) is 0.597. The number of fused-ring (bicyclic) bond motifs is 4. The third kappa shape index (κ3) is 1.99. The van der Waals surface area contributed by atoms with Crippen molar-refractivity contribution in [1.29, 1.82) is 0 Å². The van der Waals surface area contributed by atoms with E-state index in [1.165, 1.54) is 37.2 Å². The van der Waals surface area contributed by atoms with Crippen LogP contribution in [0.15, 0.2) is 0 Å². The van der Waals surface area contributed by atoms with Crippen molar-refractivity contribution in [2.45, 2.75) is 31.7 Å². The van der Waals surface area contributed by atoms with Crippen molar-refractivity contribution in [3.8, 4) is 0 Å². The Morgan fingerprint density at radius 1 is 1.05 bits per heavy atom. The lowest BCUT2D eigenvalue weighted by Gasteiger charge is -2.46. The van der Waals surface area contributed by atoms with Gasteiger partial charge in [-0.1, -0.05) is 0 Å². The summed E-state index contributed by atoms with van der Waals surface area (Å²) in [5.74, 6) is 7.49. The summed E-state index contributed by atoms with van der Waals surface area (Å²) in [5.41, 5.74) is 5.25. The van der Waals surface area contributed by atoms with Crippen LogP contribution in [0.1, 0.15) is 36.0 Å². The Labute approximate surface area is 119 Å². The maximum atomic E-state index is 5.68. The van der Waals surface area contributed by atoms with Crippen molar-refractivity contribution in [1.82, 2.24) is 19.8 Å². The Hall–Kier alpha value is -1.24. The molecule has 1 atom stereocenters. The van der Waals surface area contributed by atoms with Crippen LogP contribution < -0.4 is 11.3 Å². The van der Waals surface area contributed by atoms with Crippen molar-refractivity contribution in [3.63, 3.8) is 0 Å². The van der Waals surface area contributed by atoms with E-state index in [2.05, 4.69) is 15.2 Å². The monoisotopic (exact) mass is 274 g/mol. The molecular formula is C14H22N6. The average Bonchev–Trinajstić information content (AvgIpc) is 2.54. The molecule has 2 bridgehead atoms. The molecule has 1 unspecified atom stereocenters. The SMILES string of the molecule is NNc1nc(C2CN3CCN2CC3)nc2c1CCCC2. The van der Waals surface area contributed by atoms with Crippen LogP contribution >= 0.6 is 0 Å². The van der Waals surface area contributed by atoms with Crippen molar-refractivity contribution >= 4 is 5.82 Å². The van der Waals surface area contributed by atoms with Gasteiger partial charge in [0.1, 0.15) is 11.6 Å². The second-order valence-electron chi connectivity index (χ2n) is 6.06. The largest absolute Gasteiger partial charge is 0.308 e. The molecule has 0 radical (unpaired) electrons. The van der Waals surface area contributed by atoms with Gasteiger partial charge >= 0.3 is 0 Å². The van der Waals surface area contributed by atoms with Crippen LogP contribution in [0.5, 0.6) is 0 Å². The predicted octanol–water partition coefficient (Wildman–Crippen LogP) is 0.313. The average molecular weight is 274 g/mol. The first kappa shape index (κ1) is 12.5. The minimum atomic E-state index is 0.344. The van der Waals surface area contributed by atoms with E-state index in [-0.39, 0.29) is 0 Å². The Morgan fingerprint density at radius 3 is 2.55 bits per heavy atom. The fourth-order valence-corrected chi connectivity index (χ4v) is 3.74. The lowest BCUT2D eigenvalue weighted by molar-refractivity contribution is 0.00858. The zero-order chi connectivity index (χ0) is 13.5. The Morgan fingerprint density at radius 2 is 1.85 bits per heavy atom. The standard InChI is InChI=1S/C14H22N6/c15-18-13-10-3-1-2-4-11(10)16-14(17-13)12-9-19-5-7-20(12)8-6-19/h12H,1-9,15H2,(H,16,17,18). The molecule has 0 aromatic carbocycles. The van der Waals surface area contributed by atoms with E-state index < -0.39 is 0 Å². The Balaban J connectivity index is 1.71. The second kappa shape index (κ2) is 4.95. The van der Waals surface area contributed by atoms with Crippen LogP contribution in [0, 0.1) is 0 Å². The molecule has 1 aromatic rings. The fraction of sp³-hybridized carbons (Fsp3) is 0.714. The molecule has 20 heavy (non-hydrogen) atoms. The van der Waals surface area contributed by atoms with Crippen molar-refractivity contribution < 1.29 is 0 Å². The normalized spacial score (nSPS) is 31.9. The highest BCUT2D eigenvalue weighted by molar-refractivity contribution is 5.47. The number of rotatable bonds is 2. The summed E-state index contributed by atoms with van der Waals surface area (Å²) in [6.45, 7) is 5.70. The first-order chi connectivity index (χ1) is 9.85. The molecular weight excluding hydrogens is 252 g/mol. The fourth-order valence-electron chi connectivity index (χ4n) is 3.74. The van der Waals surface area contributed by atoms with Crippen LogP contribution in [0.25, 0.3) is 0 Å². The minimum Gasteiger partial charge on any atom is -0.308 e. The summed E-state index contributed by atoms with van der Waals surface area (Å²) < 4.78 is 0. The molecule has 3 saturated heterocycles. The van der Waals surface area contributed by atoms with Gasteiger partial charge in [-0.2, -0.15) is 0 Å². The van der Waals surface area contributed by atoms with Gasteiger partial charge in [0.05, 0.1) is 6.04 Å². The van der Waals surface area contributed by atoms with E-state index in [0.717, 1.165) is 44.1 Å². The van der Waals surface area contributed by atoms with Crippen LogP contribution in [-0.4, -0.2) is 52.5 Å². The zero-order valence-electron chi connectivity index (χ0n) is 11.8. The molecule has 108 valence electrons. The summed E-state index contributed by atoms with van der Waals surface area (Å²) >= 11 is 0. The van der Waals surface area contributed by atoms with Gasteiger partial charge < -0.3 is 5.43 Å². The Bertz CT molecular complexity index is 491. The molecule has 4 heterocycles. The molecule has 4 aliphatic rings. The third-order valence-corrected chi connectivity index (χ3v) is 4.91. The molecule has 3 fully saturated rings. The summed E-state index contributed by atoms with van der Waals surface area (Å²) in [5, 5.41) is 0. The molecule has 0 spiro atoms. The topological polar surface area (TPSA) is 70.3 Å². The van der Waals surface area contributed by atoms with Gasteiger partial charge in [-0.15, -0.1) is 0 Å². The molecule has 3 aliphatic heterocycles. The number of anilines is 1. The number of hydrogen-bond donors (Lipinski definition) is 2. The predicted molar refractivity (Wildman–Crippen MR) is 77.2 cm³/mol. The number of aromatic nitrogens is 2. The minimum absolute atomic E-state index is 0.344. The molecule has 1 aromatic heterocycles. The van der Waals surface area contributed by atoms with Crippen molar-refractivity contribution in [3.05, 3.63) is 17.1 Å². The summed E-state index contributed by atoms with van der Waals surface area (Å²) in [4.78, 5) is 14.7. The number of nitrogens with zero attached hydrogens (tertiary/aromatic N) is 4. The number of aryl methyl sites for hydroxylation is 1. The van der Waals surface area contributed by atoms with Gasteiger partial charge in [0, 0.05) is 44.0 Å². The number of nitrogens with one attached hydrogen (secondary N) is 1. The molecule has 6 heteroatoms. The highest BCUT2D eigenvalue weighted by Gasteiger charge is 2.35. The van der Waals surface area contributed by atoms with Crippen molar-refractivity contribution in [2.75, 3.05) is 38.1 Å². The van der Waals surface area contributed by atoms with E-state index in [9.17, 15) is 0 Å². The molecule has 5 rings (SSSR count). The smallest absolute Gasteiger partial charge is 0.149 e. The van der Waals surface area contributed by atoms with Gasteiger partial charge in [0.15, 0.2) is 0 Å². The van der Waals surface area contributed by atoms with E-state index in [4.69, 9.17) is 15.8 Å². The molecule has 3 N–H and O–H groups in total. The lowest BCUT2D eigenvalue weighted by atomic mass is 9.96. The maximum Gasteiger partial charge on any atom is 0.149 e. The molecule has 0 saturated carbocycles. The highest BCUT2D eigenvalue weighted by atomic mass is 15.4. The van der Waals surface area contributed by atoms with Crippen LogP contribution in [0.3, 0.4) is 0 Å². The molecule has 1 aliphatic carbocycles. The van der Waals surface area contributed by atoms with E-state index in [1.807, 2.05) is 0 Å². The number of piperazine rings is 3. The third-order valence-electron chi connectivity index (χ3n) is 4.91.